The number of carbonyl (C=O) groups excluding carboxylic acids is 2. The summed E-state index contributed by atoms with van der Waals surface area (Å²) >= 11 is 0. The van der Waals surface area contributed by atoms with Crippen molar-refractivity contribution >= 4 is 11.9 Å². The van der Waals surface area contributed by atoms with E-state index in [0.717, 1.165) is 57.8 Å². The number of ether oxygens (including phenoxy) is 6. The predicted octanol–water partition coefficient (Wildman–Crippen LogP) is 7.38. The summed E-state index contributed by atoms with van der Waals surface area (Å²) in [6, 6.07) is 0. The maximum atomic E-state index is 13.0. The first-order valence-corrected chi connectivity index (χ1v) is 26.3. The Labute approximate surface area is 397 Å². The number of aliphatic hydroxyl groups excluding tert-OH is 7. The second kappa shape index (κ2) is 39.0. The van der Waals surface area contributed by atoms with Gasteiger partial charge in [0.25, 0.3) is 0 Å². The Bertz CT molecular complexity index is 1210. The van der Waals surface area contributed by atoms with Gasteiger partial charge in [0, 0.05) is 12.8 Å². The average molecular weight is 947 g/mol. The molecular formula is C51H94O15. The van der Waals surface area contributed by atoms with E-state index in [9.17, 15) is 45.3 Å². The molecule has 11 unspecified atom stereocenters. The second-order valence-corrected chi connectivity index (χ2v) is 18.7. The molecule has 0 amide bonds. The summed E-state index contributed by atoms with van der Waals surface area (Å²) in [5.41, 5.74) is 0. The number of aliphatic hydroxyl groups is 7. The second-order valence-electron chi connectivity index (χ2n) is 18.7. The van der Waals surface area contributed by atoms with Gasteiger partial charge in [-0.15, -0.1) is 0 Å². The van der Waals surface area contributed by atoms with Crippen LogP contribution in [0.4, 0.5) is 0 Å². The summed E-state index contributed by atoms with van der Waals surface area (Å²) in [5.74, 6) is -0.924. The predicted molar refractivity (Wildman–Crippen MR) is 252 cm³/mol. The van der Waals surface area contributed by atoms with E-state index in [1.165, 1.54) is 109 Å². The molecule has 0 radical (unpaired) electrons. The van der Waals surface area contributed by atoms with Gasteiger partial charge in [-0.3, -0.25) is 9.59 Å². The highest BCUT2D eigenvalue weighted by Gasteiger charge is 2.47. The first-order chi connectivity index (χ1) is 32.0. The van der Waals surface area contributed by atoms with E-state index < -0.39 is 92.7 Å². The summed E-state index contributed by atoms with van der Waals surface area (Å²) in [4.78, 5) is 25.8. The van der Waals surface area contributed by atoms with Crippen LogP contribution in [0.3, 0.4) is 0 Å². The van der Waals surface area contributed by atoms with Crippen LogP contribution >= 0.6 is 0 Å². The maximum Gasteiger partial charge on any atom is 0.306 e. The fourth-order valence-electron chi connectivity index (χ4n) is 8.39. The van der Waals surface area contributed by atoms with Crippen LogP contribution in [0.2, 0.25) is 0 Å². The van der Waals surface area contributed by atoms with E-state index in [1.54, 1.807) is 0 Å². The first-order valence-electron chi connectivity index (χ1n) is 26.3. The lowest BCUT2D eigenvalue weighted by atomic mass is 9.98. The van der Waals surface area contributed by atoms with Gasteiger partial charge in [0.15, 0.2) is 18.7 Å². The number of esters is 2. The highest BCUT2D eigenvalue weighted by Crippen LogP contribution is 2.26. The summed E-state index contributed by atoms with van der Waals surface area (Å²) in [5, 5.41) is 72.1. The van der Waals surface area contributed by atoms with Gasteiger partial charge in [0.05, 0.1) is 19.8 Å². The molecule has 0 spiro atoms. The van der Waals surface area contributed by atoms with Crippen molar-refractivity contribution < 1.29 is 73.8 Å². The summed E-state index contributed by atoms with van der Waals surface area (Å²) < 4.78 is 33.6. The van der Waals surface area contributed by atoms with Crippen LogP contribution in [0.5, 0.6) is 0 Å². The molecule has 0 aliphatic carbocycles. The van der Waals surface area contributed by atoms with E-state index in [0.29, 0.717) is 12.8 Å². The van der Waals surface area contributed by atoms with Crippen molar-refractivity contribution in [1.82, 2.24) is 0 Å². The van der Waals surface area contributed by atoms with Crippen LogP contribution in [-0.2, 0) is 38.0 Å². The fourth-order valence-corrected chi connectivity index (χ4v) is 8.39. The molecule has 0 aromatic carbocycles. The van der Waals surface area contributed by atoms with Crippen LogP contribution in [-0.4, -0.2) is 142 Å². The third kappa shape index (κ3) is 26.8. The molecule has 0 bridgehead atoms. The lowest BCUT2D eigenvalue weighted by Crippen LogP contribution is -2.61. The number of allylic oxidation sites excluding steroid dienone is 2. The number of hydrogen-bond acceptors (Lipinski definition) is 15. The van der Waals surface area contributed by atoms with E-state index in [1.807, 2.05) is 0 Å². The Hall–Kier alpha value is -1.76. The zero-order valence-corrected chi connectivity index (χ0v) is 40.9. The van der Waals surface area contributed by atoms with Crippen LogP contribution in [0, 0.1) is 0 Å². The zero-order chi connectivity index (χ0) is 48.2. The Kier molecular flexibility index (Phi) is 35.7. The van der Waals surface area contributed by atoms with Crippen LogP contribution < -0.4 is 0 Å². The van der Waals surface area contributed by atoms with E-state index in [-0.39, 0.29) is 26.1 Å². The van der Waals surface area contributed by atoms with Gasteiger partial charge in [-0.2, -0.15) is 0 Å². The number of rotatable bonds is 41. The summed E-state index contributed by atoms with van der Waals surface area (Å²) in [7, 11) is 0. The molecular weight excluding hydrogens is 853 g/mol. The molecule has 2 aliphatic heterocycles. The lowest BCUT2D eigenvalue weighted by Gasteiger charge is -2.42. The van der Waals surface area contributed by atoms with Gasteiger partial charge in [-0.1, -0.05) is 167 Å². The first kappa shape index (κ1) is 60.4. The van der Waals surface area contributed by atoms with Gasteiger partial charge in [-0.05, 0) is 38.5 Å². The SMILES string of the molecule is CCCCCCC/C=C\CCCCCCCC(=O)OC(COC(=O)CCCCCCCCCCCCCCCCCC)COC1OC(COC2OC(CO)C(O)C(O)C2O)C(O)C(O)C1O. The Morgan fingerprint density at radius 1 is 0.470 bits per heavy atom. The number of carbonyl (C=O) groups is 2. The Morgan fingerprint density at radius 2 is 0.864 bits per heavy atom. The minimum absolute atomic E-state index is 0.159. The maximum absolute atomic E-state index is 13.0. The minimum atomic E-state index is -1.76. The topological polar surface area (TPSA) is 231 Å². The van der Waals surface area contributed by atoms with Gasteiger partial charge >= 0.3 is 11.9 Å². The molecule has 7 N–H and O–H groups in total. The standard InChI is InChI=1S/C51H94O15/c1-3-5-7-9-11-13-15-17-19-20-22-23-25-27-29-31-33-42(53)61-36-39(64-43(54)34-32-30-28-26-24-21-18-16-14-12-10-8-6-4-2)37-62-50-49(60)47(58)45(56)41(66-50)38-63-51-48(59)46(57)44(55)40(35-52)65-51/h16,18,39-41,44-52,55-60H,3-15,17,19-38H2,1-2H3/b18-16-. The van der Waals surface area contributed by atoms with Crippen molar-refractivity contribution in [2.45, 2.75) is 274 Å². The van der Waals surface area contributed by atoms with Gasteiger partial charge < -0.3 is 64.2 Å². The lowest BCUT2D eigenvalue weighted by molar-refractivity contribution is -0.332. The molecule has 2 rings (SSSR count). The van der Waals surface area contributed by atoms with Crippen molar-refractivity contribution in [3.8, 4) is 0 Å². The molecule has 0 saturated carbocycles. The van der Waals surface area contributed by atoms with Crippen molar-refractivity contribution in [3.05, 3.63) is 12.2 Å². The summed E-state index contributed by atoms with van der Waals surface area (Å²) in [6.07, 6.45) is 20.9. The Morgan fingerprint density at radius 3 is 1.33 bits per heavy atom. The summed E-state index contributed by atoms with van der Waals surface area (Å²) in [6.45, 7) is 2.60. The van der Waals surface area contributed by atoms with Crippen molar-refractivity contribution in [3.63, 3.8) is 0 Å². The van der Waals surface area contributed by atoms with Gasteiger partial charge in [-0.25, -0.2) is 0 Å². The fraction of sp³-hybridized carbons (Fsp3) is 0.922. The average Bonchev–Trinajstić information content (AvgIpc) is 3.31. The quantitative estimate of drug-likeness (QED) is 0.0180. The smallest absolute Gasteiger partial charge is 0.306 e. The molecule has 2 heterocycles. The van der Waals surface area contributed by atoms with Gasteiger partial charge in [0.1, 0.15) is 55.4 Å². The van der Waals surface area contributed by atoms with Crippen molar-refractivity contribution in [2.75, 3.05) is 26.4 Å². The van der Waals surface area contributed by atoms with Crippen molar-refractivity contribution in [2.24, 2.45) is 0 Å². The normalized spacial score (nSPS) is 26.2. The number of hydrogen-bond donors (Lipinski definition) is 7. The molecule has 66 heavy (non-hydrogen) atoms. The monoisotopic (exact) mass is 947 g/mol. The molecule has 388 valence electrons. The molecule has 2 aliphatic rings. The molecule has 0 aromatic heterocycles. The molecule has 0 aromatic rings. The minimum Gasteiger partial charge on any atom is -0.462 e. The van der Waals surface area contributed by atoms with Gasteiger partial charge in [0.2, 0.25) is 0 Å². The van der Waals surface area contributed by atoms with E-state index in [4.69, 9.17) is 28.4 Å². The Balaban J connectivity index is 1.80. The van der Waals surface area contributed by atoms with Crippen LogP contribution in [0.15, 0.2) is 12.2 Å². The highest BCUT2D eigenvalue weighted by molar-refractivity contribution is 5.70. The third-order valence-corrected chi connectivity index (χ3v) is 12.7. The van der Waals surface area contributed by atoms with E-state index >= 15 is 0 Å². The molecule has 2 fully saturated rings. The van der Waals surface area contributed by atoms with Crippen LogP contribution in [0.25, 0.3) is 0 Å². The third-order valence-electron chi connectivity index (χ3n) is 12.7. The largest absolute Gasteiger partial charge is 0.462 e. The zero-order valence-electron chi connectivity index (χ0n) is 40.9. The molecule has 2 saturated heterocycles. The van der Waals surface area contributed by atoms with E-state index in [2.05, 4.69) is 26.0 Å². The van der Waals surface area contributed by atoms with Crippen molar-refractivity contribution in [1.29, 1.82) is 0 Å². The molecule has 15 nitrogen and oxygen atoms in total. The molecule has 15 heteroatoms. The highest BCUT2D eigenvalue weighted by atomic mass is 16.7. The number of unbranched alkanes of at least 4 members (excludes halogenated alkanes) is 25. The molecule has 11 atom stereocenters. The van der Waals surface area contributed by atoms with Crippen LogP contribution in [0.1, 0.15) is 206 Å².